The van der Waals surface area contributed by atoms with Crippen molar-refractivity contribution in [2.75, 3.05) is 19.6 Å². The van der Waals surface area contributed by atoms with Crippen LogP contribution >= 0.6 is 0 Å². The number of hydrogen-bond donors (Lipinski definition) is 1. The van der Waals surface area contributed by atoms with Crippen LogP contribution in [0.1, 0.15) is 38.7 Å². The molecule has 0 aromatic heterocycles. The second-order valence-corrected chi connectivity index (χ2v) is 6.59. The Bertz CT molecular complexity index is 576. The van der Waals surface area contributed by atoms with E-state index in [1.165, 1.54) is 12.1 Å². The van der Waals surface area contributed by atoms with Crippen molar-refractivity contribution < 1.29 is 14.0 Å². The lowest BCUT2D eigenvalue weighted by Crippen LogP contribution is -2.47. The predicted molar refractivity (Wildman–Crippen MR) is 91.9 cm³/mol. The minimum absolute atomic E-state index is 0.0439. The Morgan fingerprint density at radius 1 is 1.42 bits per heavy atom. The predicted octanol–water partition coefficient (Wildman–Crippen LogP) is 2.77. The molecule has 1 aromatic carbocycles. The zero-order valence-electron chi connectivity index (χ0n) is 14.6. The maximum atomic E-state index is 13.2. The lowest BCUT2D eigenvalue weighted by Gasteiger charge is -2.33. The van der Waals surface area contributed by atoms with E-state index in [-0.39, 0.29) is 29.5 Å². The second kappa shape index (κ2) is 8.81. The molecule has 1 aliphatic rings. The molecule has 1 aromatic rings. The molecule has 0 aliphatic carbocycles. The first kappa shape index (κ1) is 18.4. The smallest absolute Gasteiger partial charge is 0.225 e. The topological polar surface area (TPSA) is 49.4 Å². The third-order valence-electron chi connectivity index (χ3n) is 4.63. The van der Waals surface area contributed by atoms with Gasteiger partial charge in [0.2, 0.25) is 11.8 Å². The number of carbonyl (C=O) groups excluding carboxylic acids is 2. The largest absolute Gasteiger partial charge is 0.356 e. The van der Waals surface area contributed by atoms with E-state index in [4.69, 9.17) is 0 Å². The molecule has 2 amide bonds. The summed E-state index contributed by atoms with van der Waals surface area (Å²) in [6.45, 7) is 5.66. The van der Waals surface area contributed by atoms with E-state index in [9.17, 15) is 14.0 Å². The summed E-state index contributed by atoms with van der Waals surface area (Å²) in [6.07, 6.45) is 3.07. The molecular formula is C19H27FN2O2. The fourth-order valence-electron chi connectivity index (χ4n) is 3.22. The Labute approximate surface area is 143 Å². The summed E-state index contributed by atoms with van der Waals surface area (Å²) in [5.41, 5.74) is 0.911. The molecule has 4 nitrogen and oxygen atoms in total. The zero-order chi connectivity index (χ0) is 17.5. The summed E-state index contributed by atoms with van der Waals surface area (Å²) >= 11 is 0. The van der Waals surface area contributed by atoms with Gasteiger partial charge in [0.05, 0.1) is 5.92 Å². The molecule has 0 bridgehead atoms. The number of nitrogens with zero attached hydrogens (tertiary/aromatic N) is 1. The number of likely N-dealkylation sites (tertiary alicyclic amines) is 1. The van der Waals surface area contributed by atoms with E-state index in [1.807, 2.05) is 24.8 Å². The molecule has 24 heavy (non-hydrogen) atoms. The highest BCUT2D eigenvalue weighted by molar-refractivity contribution is 5.82. The maximum Gasteiger partial charge on any atom is 0.225 e. The summed E-state index contributed by atoms with van der Waals surface area (Å²) < 4.78 is 13.2. The Morgan fingerprint density at radius 3 is 2.92 bits per heavy atom. The minimum atomic E-state index is -0.243. The average Bonchev–Trinajstić information content (AvgIpc) is 2.59. The van der Waals surface area contributed by atoms with E-state index in [1.54, 1.807) is 6.07 Å². The molecule has 2 atom stereocenters. The molecule has 0 saturated carbocycles. The molecule has 0 spiro atoms. The monoisotopic (exact) mass is 334 g/mol. The first-order valence-corrected chi connectivity index (χ1v) is 8.82. The van der Waals surface area contributed by atoms with Gasteiger partial charge in [-0.05, 0) is 50.3 Å². The number of carbonyl (C=O) groups is 2. The van der Waals surface area contributed by atoms with E-state index in [2.05, 4.69) is 5.32 Å². The molecule has 0 radical (unpaired) electrons. The van der Waals surface area contributed by atoms with Crippen molar-refractivity contribution in [2.24, 2.45) is 11.8 Å². The van der Waals surface area contributed by atoms with Gasteiger partial charge in [0.25, 0.3) is 0 Å². The summed E-state index contributed by atoms with van der Waals surface area (Å²) in [6, 6.07) is 6.52. The van der Waals surface area contributed by atoms with Gasteiger partial charge in [-0.25, -0.2) is 4.39 Å². The number of nitrogens with one attached hydrogen (secondary N) is 1. The quantitative estimate of drug-likeness (QED) is 0.870. The van der Waals surface area contributed by atoms with Crippen LogP contribution in [0.4, 0.5) is 4.39 Å². The first-order chi connectivity index (χ1) is 11.5. The number of hydrogen-bond acceptors (Lipinski definition) is 2. The number of benzene rings is 1. The molecule has 1 fully saturated rings. The summed E-state index contributed by atoms with van der Waals surface area (Å²) in [7, 11) is 0. The molecule has 132 valence electrons. The normalized spacial score (nSPS) is 19.0. The van der Waals surface area contributed by atoms with Gasteiger partial charge in [0, 0.05) is 25.6 Å². The molecule has 0 unspecified atom stereocenters. The highest BCUT2D eigenvalue weighted by Gasteiger charge is 2.29. The lowest BCUT2D eigenvalue weighted by molar-refractivity contribution is -0.139. The second-order valence-electron chi connectivity index (χ2n) is 6.59. The van der Waals surface area contributed by atoms with Gasteiger partial charge in [0.1, 0.15) is 5.82 Å². The molecule has 1 aliphatic heterocycles. The van der Waals surface area contributed by atoms with Gasteiger partial charge in [-0.2, -0.15) is 0 Å². The van der Waals surface area contributed by atoms with E-state index >= 15 is 0 Å². The van der Waals surface area contributed by atoms with Crippen LogP contribution < -0.4 is 5.32 Å². The van der Waals surface area contributed by atoms with Crippen LogP contribution in [0.5, 0.6) is 0 Å². The van der Waals surface area contributed by atoms with E-state index in [0.29, 0.717) is 25.9 Å². The van der Waals surface area contributed by atoms with Gasteiger partial charge < -0.3 is 10.2 Å². The maximum absolute atomic E-state index is 13.2. The molecule has 5 heteroatoms. The molecule has 1 saturated heterocycles. The number of amides is 2. The van der Waals surface area contributed by atoms with E-state index < -0.39 is 0 Å². The van der Waals surface area contributed by atoms with Crippen LogP contribution in [-0.2, 0) is 16.0 Å². The third-order valence-corrected chi connectivity index (χ3v) is 4.63. The summed E-state index contributed by atoms with van der Waals surface area (Å²) in [5.74, 6) is -0.325. The highest BCUT2D eigenvalue weighted by Crippen LogP contribution is 2.20. The van der Waals surface area contributed by atoms with Gasteiger partial charge in [0.15, 0.2) is 0 Å². The fraction of sp³-hybridized carbons (Fsp3) is 0.579. The van der Waals surface area contributed by atoms with Crippen LogP contribution in [-0.4, -0.2) is 36.3 Å². The van der Waals surface area contributed by atoms with Crippen molar-refractivity contribution in [2.45, 2.75) is 39.5 Å². The summed E-state index contributed by atoms with van der Waals surface area (Å²) in [5, 5.41) is 2.84. The number of piperidine rings is 1. The van der Waals surface area contributed by atoms with Crippen LogP contribution in [0.25, 0.3) is 0 Å². The first-order valence-electron chi connectivity index (χ1n) is 8.82. The van der Waals surface area contributed by atoms with Crippen molar-refractivity contribution >= 4 is 11.8 Å². The van der Waals surface area contributed by atoms with Crippen LogP contribution in [0.3, 0.4) is 0 Å². The van der Waals surface area contributed by atoms with Gasteiger partial charge in [-0.3, -0.25) is 9.59 Å². The Kier molecular flexibility index (Phi) is 6.76. The highest BCUT2D eigenvalue weighted by atomic mass is 19.1. The van der Waals surface area contributed by atoms with Crippen LogP contribution in [0, 0.1) is 17.7 Å². The molecule has 1 heterocycles. The molecular weight excluding hydrogens is 307 g/mol. The van der Waals surface area contributed by atoms with Crippen molar-refractivity contribution in [1.29, 1.82) is 0 Å². The van der Waals surface area contributed by atoms with Crippen LogP contribution in [0.2, 0.25) is 0 Å². The van der Waals surface area contributed by atoms with E-state index in [0.717, 1.165) is 24.9 Å². The van der Waals surface area contributed by atoms with Crippen molar-refractivity contribution in [3.05, 3.63) is 35.6 Å². The minimum Gasteiger partial charge on any atom is -0.356 e. The van der Waals surface area contributed by atoms with Gasteiger partial charge in [-0.1, -0.05) is 19.1 Å². The van der Waals surface area contributed by atoms with Crippen molar-refractivity contribution in [3.8, 4) is 0 Å². The SMILES string of the molecule is CCNC(=O)[C@@H]1CCCN(C(=O)[C@@H](C)CCc2cccc(F)c2)C1. The van der Waals surface area contributed by atoms with Crippen LogP contribution in [0.15, 0.2) is 24.3 Å². The summed E-state index contributed by atoms with van der Waals surface area (Å²) in [4.78, 5) is 26.4. The number of rotatable bonds is 6. The number of aryl methyl sites for hydroxylation is 1. The lowest BCUT2D eigenvalue weighted by atomic mass is 9.94. The fourth-order valence-corrected chi connectivity index (χ4v) is 3.22. The van der Waals surface area contributed by atoms with Crippen molar-refractivity contribution in [3.63, 3.8) is 0 Å². The van der Waals surface area contributed by atoms with Crippen molar-refractivity contribution in [1.82, 2.24) is 10.2 Å². The Morgan fingerprint density at radius 2 is 2.21 bits per heavy atom. The standard InChI is InChI=1S/C19H27FN2O2/c1-3-21-18(23)16-7-5-11-22(13-16)19(24)14(2)9-10-15-6-4-8-17(20)12-15/h4,6,8,12,14,16H,3,5,7,9-11,13H2,1-2H3,(H,21,23)/t14-,16+/m0/s1. The molecule has 1 N–H and O–H groups in total. The average molecular weight is 334 g/mol. The Balaban J connectivity index is 1.86. The third kappa shape index (κ3) is 5.05. The van der Waals surface area contributed by atoms with Gasteiger partial charge in [-0.15, -0.1) is 0 Å². The zero-order valence-corrected chi connectivity index (χ0v) is 14.6. The Hall–Kier alpha value is -1.91. The number of halogens is 1. The van der Waals surface area contributed by atoms with Gasteiger partial charge >= 0.3 is 0 Å². The molecule has 2 rings (SSSR count).